The first-order valence-electron chi connectivity index (χ1n) is 11.3. The van der Waals surface area contributed by atoms with E-state index in [1.807, 2.05) is 43.3 Å². The molecule has 2 aromatic rings. The van der Waals surface area contributed by atoms with Gasteiger partial charge in [-0.25, -0.2) is 0 Å². The van der Waals surface area contributed by atoms with Crippen molar-refractivity contribution >= 4 is 34.3 Å². The summed E-state index contributed by atoms with van der Waals surface area (Å²) in [4.78, 5) is 25.8. The predicted octanol–water partition coefficient (Wildman–Crippen LogP) is 2.69. The lowest BCUT2D eigenvalue weighted by molar-refractivity contribution is -0.111. The maximum atomic E-state index is 12.9. The standard InChI is InChI=1S/C27H20N2O6/c1-27-11-17-14(20(25(32)34-17)19-12-6-2-4-8-15(12)28-23(19)30)10-18(27)35-26(33)22(27)21-13-7-3-5-9-16(13)29-24(21)31/h2-11,18,25-26,32-33H,1H3,(H,28,30)(H,29,31). The molecule has 4 unspecified atom stereocenters. The number of ether oxygens (including phenoxy) is 2. The average molecular weight is 468 g/mol. The van der Waals surface area contributed by atoms with Crippen LogP contribution in [0.1, 0.15) is 18.1 Å². The molecule has 174 valence electrons. The molecule has 0 saturated carbocycles. The molecule has 4 atom stereocenters. The molecule has 0 spiro atoms. The van der Waals surface area contributed by atoms with Crippen molar-refractivity contribution in [3.8, 4) is 0 Å². The van der Waals surface area contributed by atoms with Gasteiger partial charge in [-0.1, -0.05) is 36.4 Å². The van der Waals surface area contributed by atoms with Gasteiger partial charge in [0.15, 0.2) is 6.29 Å². The van der Waals surface area contributed by atoms with E-state index in [1.165, 1.54) is 0 Å². The molecule has 8 heteroatoms. The highest BCUT2D eigenvalue weighted by Crippen LogP contribution is 2.55. The number of aliphatic hydroxyl groups excluding tert-OH is 2. The third-order valence-corrected chi connectivity index (χ3v) is 7.37. The molecule has 2 saturated heterocycles. The quantitative estimate of drug-likeness (QED) is 0.442. The van der Waals surface area contributed by atoms with Crippen molar-refractivity contribution in [1.82, 2.24) is 0 Å². The van der Waals surface area contributed by atoms with Crippen molar-refractivity contribution in [2.24, 2.45) is 5.41 Å². The summed E-state index contributed by atoms with van der Waals surface area (Å²) in [6.45, 7) is 1.86. The molecule has 35 heavy (non-hydrogen) atoms. The minimum atomic E-state index is -1.35. The zero-order chi connectivity index (χ0) is 24.1. The molecule has 7 rings (SSSR count). The van der Waals surface area contributed by atoms with Gasteiger partial charge < -0.3 is 30.3 Å². The summed E-state index contributed by atoms with van der Waals surface area (Å²) in [6.07, 6.45) is 0.218. The van der Waals surface area contributed by atoms with E-state index in [4.69, 9.17) is 9.47 Å². The largest absolute Gasteiger partial charge is 0.460 e. The molecule has 5 aliphatic rings. The molecule has 2 aromatic carbocycles. The number of fused-ring (bicyclic) bond motifs is 4. The third-order valence-electron chi connectivity index (χ3n) is 7.37. The highest BCUT2D eigenvalue weighted by molar-refractivity contribution is 6.33. The summed E-state index contributed by atoms with van der Waals surface area (Å²) in [7, 11) is 0. The van der Waals surface area contributed by atoms with Crippen LogP contribution in [0.3, 0.4) is 0 Å². The molecular weight excluding hydrogens is 448 g/mol. The summed E-state index contributed by atoms with van der Waals surface area (Å²) < 4.78 is 11.8. The van der Waals surface area contributed by atoms with Gasteiger partial charge in [0.05, 0.1) is 17.3 Å². The Morgan fingerprint density at radius 1 is 0.857 bits per heavy atom. The van der Waals surface area contributed by atoms with Crippen molar-refractivity contribution in [3.05, 3.63) is 94.3 Å². The first-order valence-corrected chi connectivity index (χ1v) is 11.3. The smallest absolute Gasteiger partial charge is 0.256 e. The van der Waals surface area contributed by atoms with Crippen LogP contribution >= 0.6 is 0 Å². The van der Waals surface area contributed by atoms with Crippen LogP contribution in [0.25, 0.3) is 11.1 Å². The number of benzene rings is 2. The Morgan fingerprint density at radius 3 is 2.14 bits per heavy atom. The lowest BCUT2D eigenvalue weighted by atomic mass is 9.71. The average Bonchev–Trinajstić information content (AvgIpc) is 3.49. The van der Waals surface area contributed by atoms with E-state index in [0.29, 0.717) is 56.1 Å². The monoisotopic (exact) mass is 468 g/mol. The Hall–Kier alpha value is -3.98. The van der Waals surface area contributed by atoms with Gasteiger partial charge in [-0.15, -0.1) is 0 Å². The highest BCUT2D eigenvalue weighted by atomic mass is 16.6. The van der Waals surface area contributed by atoms with Crippen LogP contribution in [-0.2, 0) is 19.1 Å². The number of rotatable bonds is 0. The molecule has 4 heterocycles. The van der Waals surface area contributed by atoms with Gasteiger partial charge >= 0.3 is 0 Å². The maximum Gasteiger partial charge on any atom is 0.256 e. The van der Waals surface area contributed by atoms with Gasteiger partial charge in [0.1, 0.15) is 5.76 Å². The molecule has 0 aromatic heterocycles. The predicted molar refractivity (Wildman–Crippen MR) is 126 cm³/mol. The third kappa shape index (κ3) is 2.61. The van der Waals surface area contributed by atoms with Crippen LogP contribution in [0.2, 0.25) is 0 Å². The SMILES string of the molecule is CC12C=C3OC(O)C(=C4C(=O)Nc5ccccc54)C3=CC1OC(O)C2=C1C(=O)Nc2ccccc21. The number of allylic oxidation sites excluding steroid dienone is 1. The van der Waals surface area contributed by atoms with Gasteiger partial charge in [0, 0.05) is 44.6 Å². The van der Waals surface area contributed by atoms with E-state index in [-0.39, 0.29) is 11.8 Å². The fourth-order valence-electron chi connectivity index (χ4n) is 5.78. The zero-order valence-corrected chi connectivity index (χ0v) is 18.5. The minimum absolute atomic E-state index is 0.312. The van der Waals surface area contributed by atoms with E-state index in [2.05, 4.69) is 10.6 Å². The number of carbonyl (C=O) groups is 2. The lowest BCUT2D eigenvalue weighted by Crippen LogP contribution is -2.30. The number of anilines is 2. The van der Waals surface area contributed by atoms with Crippen LogP contribution < -0.4 is 10.6 Å². The first kappa shape index (κ1) is 20.4. The summed E-state index contributed by atoms with van der Waals surface area (Å²) in [6, 6.07) is 14.5. The lowest BCUT2D eigenvalue weighted by Gasteiger charge is -2.30. The van der Waals surface area contributed by atoms with E-state index >= 15 is 0 Å². The van der Waals surface area contributed by atoms with Gasteiger partial charge in [-0.05, 0) is 31.2 Å². The van der Waals surface area contributed by atoms with E-state index in [1.54, 1.807) is 24.3 Å². The molecule has 4 N–H and O–H groups in total. The molecule has 0 bridgehead atoms. The highest BCUT2D eigenvalue weighted by Gasteiger charge is 2.54. The molecule has 2 fully saturated rings. The second-order valence-electron chi connectivity index (χ2n) is 9.33. The van der Waals surface area contributed by atoms with E-state index < -0.39 is 24.1 Å². The topological polar surface area (TPSA) is 117 Å². The van der Waals surface area contributed by atoms with E-state index in [0.717, 1.165) is 0 Å². The minimum Gasteiger partial charge on any atom is -0.460 e. The number of carbonyl (C=O) groups excluding carboxylic acids is 2. The summed E-state index contributed by atoms with van der Waals surface area (Å²) in [5.74, 6) is -0.263. The van der Waals surface area contributed by atoms with Crippen molar-refractivity contribution in [2.75, 3.05) is 10.6 Å². The van der Waals surface area contributed by atoms with Crippen LogP contribution in [0, 0.1) is 5.41 Å². The number of aliphatic hydroxyl groups is 2. The Kier molecular flexibility index (Phi) is 3.96. The second kappa shape index (κ2) is 6.79. The number of hydrogen-bond donors (Lipinski definition) is 4. The fraction of sp³-hybridized carbons (Fsp3) is 0.185. The van der Waals surface area contributed by atoms with Crippen molar-refractivity contribution in [1.29, 1.82) is 0 Å². The second-order valence-corrected chi connectivity index (χ2v) is 9.33. The van der Waals surface area contributed by atoms with E-state index in [9.17, 15) is 19.8 Å². The van der Waals surface area contributed by atoms with Crippen molar-refractivity contribution in [2.45, 2.75) is 25.6 Å². The molecule has 2 amide bonds. The number of para-hydroxylation sites is 2. The normalized spacial score (nSPS) is 34.3. The van der Waals surface area contributed by atoms with Crippen LogP contribution in [0.15, 0.2) is 83.2 Å². The summed E-state index contributed by atoms with van der Waals surface area (Å²) in [5, 5.41) is 27.5. The fourth-order valence-corrected chi connectivity index (χ4v) is 5.78. The van der Waals surface area contributed by atoms with Gasteiger partial charge in [0.25, 0.3) is 11.8 Å². The zero-order valence-electron chi connectivity index (χ0n) is 18.5. The maximum absolute atomic E-state index is 12.9. The number of amides is 2. The van der Waals surface area contributed by atoms with Crippen molar-refractivity contribution < 1.29 is 29.3 Å². The molecule has 1 aliphatic carbocycles. The Balaban J connectivity index is 1.40. The van der Waals surface area contributed by atoms with Crippen molar-refractivity contribution in [3.63, 3.8) is 0 Å². The van der Waals surface area contributed by atoms with Crippen LogP contribution in [0.5, 0.6) is 0 Å². The summed E-state index contributed by atoms with van der Waals surface area (Å²) in [5.41, 5.74) is 3.82. The van der Waals surface area contributed by atoms with Gasteiger partial charge in [-0.3, -0.25) is 9.59 Å². The van der Waals surface area contributed by atoms with Gasteiger partial charge in [-0.2, -0.15) is 0 Å². The first-order chi connectivity index (χ1) is 16.9. The number of hydrogen-bond acceptors (Lipinski definition) is 6. The van der Waals surface area contributed by atoms with Crippen LogP contribution in [0.4, 0.5) is 11.4 Å². The number of nitrogens with one attached hydrogen (secondary N) is 2. The Bertz CT molecular complexity index is 1500. The van der Waals surface area contributed by atoms with Crippen LogP contribution in [-0.4, -0.2) is 40.7 Å². The molecule has 0 radical (unpaired) electrons. The molecular formula is C27H20N2O6. The van der Waals surface area contributed by atoms with Gasteiger partial charge in [0.2, 0.25) is 6.29 Å². The molecule has 4 aliphatic heterocycles. The Labute approximate surface area is 199 Å². The molecule has 8 nitrogen and oxygen atoms in total. The summed E-state index contributed by atoms with van der Waals surface area (Å²) >= 11 is 0. The Morgan fingerprint density at radius 2 is 1.46 bits per heavy atom.